The Morgan fingerprint density at radius 2 is 2.09 bits per heavy atom. The normalized spacial score (nSPS) is 17.3. The number of pyridine rings is 1. The summed E-state index contributed by atoms with van der Waals surface area (Å²) in [7, 11) is 0. The summed E-state index contributed by atoms with van der Waals surface area (Å²) in [5.74, 6) is -0.757. The van der Waals surface area contributed by atoms with E-state index in [9.17, 15) is 18.4 Å². The Labute approximate surface area is 183 Å². The highest BCUT2D eigenvalue weighted by Gasteiger charge is 2.43. The summed E-state index contributed by atoms with van der Waals surface area (Å²) in [5, 5.41) is 10.6. The molecule has 32 heavy (non-hydrogen) atoms. The van der Waals surface area contributed by atoms with E-state index < -0.39 is 23.9 Å². The summed E-state index contributed by atoms with van der Waals surface area (Å²) in [4.78, 5) is 29.9. The predicted molar refractivity (Wildman–Crippen MR) is 115 cm³/mol. The van der Waals surface area contributed by atoms with Crippen molar-refractivity contribution in [3.05, 3.63) is 53.6 Å². The van der Waals surface area contributed by atoms with Crippen molar-refractivity contribution in [3.63, 3.8) is 0 Å². The van der Waals surface area contributed by atoms with Gasteiger partial charge in [-0.2, -0.15) is 0 Å². The monoisotopic (exact) mass is 440 g/mol. The summed E-state index contributed by atoms with van der Waals surface area (Å²) >= 11 is 0. The van der Waals surface area contributed by atoms with Crippen molar-refractivity contribution in [2.75, 3.05) is 10.2 Å². The first-order chi connectivity index (χ1) is 15.3. The van der Waals surface area contributed by atoms with Gasteiger partial charge < -0.3 is 14.8 Å². The molecule has 8 nitrogen and oxygen atoms in total. The molecule has 1 N–H and O–H groups in total. The van der Waals surface area contributed by atoms with E-state index in [0.29, 0.717) is 29.2 Å². The summed E-state index contributed by atoms with van der Waals surface area (Å²) in [6.07, 6.45) is 1.19. The van der Waals surface area contributed by atoms with E-state index in [1.54, 1.807) is 31.5 Å². The van der Waals surface area contributed by atoms with E-state index in [4.69, 9.17) is 0 Å². The minimum absolute atomic E-state index is 0.108. The van der Waals surface area contributed by atoms with Gasteiger partial charge >= 0.3 is 0 Å². The number of aryl methyl sites for hydroxylation is 1. The molecule has 166 valence electrons. The van der Waals surface area contributed by atoms with E-state index in [2.05, 4.69) is 20.5 Å². The third-order valence-electron chi connectivity index (χ3n) is 5.31. The van der Waals surface area contributed by atoms with Gasteiger partial charge in [-0.3, -0.25) is 9.59 Å². The van der Waals surface area contributed by atoms with Gasteiger partial charge in [0.2, 0.25) is 6.41 Å². The molecule has 2 heterocycles. The third-order valence-corrected chi connectivity index (χ3v) is 5.31. The average Bonchev–Trinajstić information content (AvgIpc) is 3.25. The Hall–Kier alpha value is -3.69. The van der Waals surface area contributed by atoms with E-state index >= 15 is 0 Å². The zero-order valence-corrected chi connectivity index (χ0v) is 17.8. The molecule has 0 bridgehead atoms. The Morgan fingerprint density at radius 1 is 1.34 bits per heavy atom. The lowest BCUT2D eigenvalue weighted by Crippen LogP contribution is -2.27. The lowest BCUT2D eigenvalue weighted by atomic mass is 10.1. The molecule has 4 rings (SSSR count). The average molecular weight is 440 g/mol. The SMILES string of the molecule is Cc1cc(F)c(C(=O)Nc2cccc(-c3nncn3C(C)C)n2)cc1N(C=O)C1C[C@@H]1F. The number of carbonyl (C=O) groups is 2. The van der Waals surface area contributed by atoms with Gasteiger partial charge in [0.25, 0.3) is 5.91 Å². The zero-order chi connectivity index (χ0) is 23.0. The van der Waals surface area contributed by atoms with Crippen LogP contribution in [0.4, 0.5) is 20.3 Å². The first-order valence-corrected chi connectivity index (χ1v) is 10.2. The Morgan fingerprint density at radius 3 is 2.75 bits per heavy atom. The van der Waals surface area contributed by atoms with Crippen LogP contribution in [0.1, 0.15) is 42.2 Å². The number of hydrogen-bond acceptors (Lipinski definition) is 5. The maximum absolute atomic E-state index is 14.6. The smallest absolute Gasteiger partial charge is 0.259 e. The minimum Gasteiger partial charge on any atom is -0.310 e. The number of alkyl halides is 1. The van der Waals surface area contributed by atoms with Gasteiger partial charge in [0.1, 0.15) is 29.8 Å². The summed E-state index contributed by atoms with van der Waals surface area (Å²) < 4.78 is 30.0. The van der Waals surface area contributed by atoms with Crippen molar-refractivity contribution in [3.8, 4) is 11.5 Å². The third kappa shape index (κ3) is 4.08. The molecular formula is C22H22F2N6O2. The molecule has 1 aliphatic carbocycles. The van der Waals surface area contributed by atoms with Crippen LogP contribution >= 0.6 is 0 Å². The van der Waals surface area contributed by atoms with Crippen molar-refractivity contribution in [2.45, 2.75) is 45.4 Å². The number of anilines is 2. The van der Waals surface area contributed by atoms with E-state index in [1.165, 1.54) is 11.0 Å². The van der Waals surface area contributed by atoms with Gasteiger partial charge in [-0.05, 0) is 50.6 Å². The molecule has 2 atom stereocenters. The van der Waals surface area contributed by atoms with Gasteiger partial charge in [-0.1, -0.05) is 6.07 Å². The maximum atomic E-state index is 14.6. The predicted octanol–water partition coefficient (Wildman–Crippen LogP) is 3.69. The lowest BCUT2D eigenvalue weighted by molar-refractivity contribution is -0.107. The molecule has 0 spiro atoms. The van der Waals surface area contributed by atoms with Crippen LogP contribution in [0.15, 0.2) is 36.7 Å². The highest BCUT2D eigenvalue weighted by atomic mass is 19.1. The number of rotatable bonds is 7. The van der Waals surface area contributed by atoms with Crippen LogP contribution in [0.2, 0.25) is 0 Å². The fourth-order valence-electron chi connectivity index (χ4n) is 3.48. The largest absolute Gasteiger partial charge is 0.310 e. The second-order valence-electron chi connectivity index (χ2n) is 7.97. The fourth-order valence-corrected chi connectivity index (χ4v) is 3.48. The minimum atomic E-state index is -1.12. The van der Waals surface area contributed by atoms with Crippen LogP contribution in [0, 0.1) is 12.7 Å². The molecule has 1 fully saturated rings. The number of carbonyl (C=O) groups excluding carboxylic acids is 2. The van der Waals surface area contributed by atoms with Crippen molar-refractivity contribution in [2.24, 2.45) is 0 Å². The van der Waals surface area contributed by atoms with Gasteiger partial charge in [-0.15, -0.1) is 10.2 Å². The molecule has 1 saturated carbocycles. The highest BCUT2D eigenvalue weighted by Crippen LogP contribution is 2.36. The van der Waals surface area contributed by atoms with E-state index in [1.807, 2.05) is 18.4 Å². The second-order valence-corrected chi connectivity index (χ2v) is 7.97. The standard InChI is InChI=1S/C22H22F2N6O2/c1-12(2)29-10-25-28-21(29)17-5-4-6-20(26-17)27-22(32)14-8-18(13(3)7-15(14)23)30(11-31)19-9-16(19)24/h4-8,10-12,16,19H,9H2,1-3H3,(H,26,27,32)/t16-,19?/m0/s1. The number of halogens is 2. The van der Waals surface area contributed by atoms with Crippen LogP contribution in [-0.4, -0.2) is 44.3 Å². The van der Waals surface area contributed by atoms with Crippen molar-refractivity contribution in [1.82, 2.24) is 19.7 Å². The second kappa shape index (κ2) is 8.45. The van der Waals surface area contributed by atoms with Crippen LogP contribution in [0.5, 0.6) is 0 Å². The van der Waals surface area contributed by atoms with Crippen LogP contribution in [0.3, 0.4) is 0 Å². The van der Waals surface area contributed by atoms with Gasteiger partial charge in [0, 0.05) is 18.2 Å². The van der Waals surface area contributed by atoms with Gasteiger partial charge in [0.15, 0.2) is 5.82 Å². The lowest BCUT2D eigenvalue weighted by Gasteiger charge is -2.20. The molecule has 0 saturated heterocycles. The van der Waals surface area contributed by atoms with Crippen molar-refractivity contribution >= 4 is 23.8 Å². The number of aromatic nitrogens is 4. The molecule has 1 aliphatic rings. The molecule has 2 amide bonds. The molecule has 1 unspecified atom stereocenters. The molecule has 3 aromatic rings. The van der Waals surface area contributed by atoms with E-state index in [-0.39, 0.29) is 23.8 Å². The summed E-state index contributed by atoms with van der Waals surface area (Å²) in [5.41, 5.74) is 0.946. The maximum Gasteiger partial charge on any atom is 0.259 e. The van der Waals surface area contributed by atoms with Gasteiger partial charge in [-0.25, -0.2) is 13.8 Å². The van der Waals surface area contributed by atoms with Crippen molar-refractivity contribution in [1.29, 1.82) is 0 Å². The first kappa shape index (κ1) is 21.5. The molecule has 10 heteroatoms. The topological polar surface area (TPSA) is 93.0 Å². The Bertz CT molecular complexity index is 1180. The molecule has 0 aliphatic heterocycles. The first-order valence-electron chi connectivity index (χ1n) is 10.2. The van der Waals surface area contributed by atoms with Crippen LogP contribution < -0.4 is 10.2 Å². The molecule has 1 aromatic carbocycles. The van der Waals surface area contributed by atoms with E-state index in [0.717, 1.165) is 6.07 Å². The van der Waals surface area contributed by atoms with Crippen molar-refractivity contribution < 1.29 is 18.4 Å². The quantitative estimate of drug-likeness (QED) is 0.566. The number of hydrogen-bond donors (Lipinski definition) is 1. The van der Waals surface area contributed by atoms with Gasteiger partial charge in [0.05, 0.1) is 11.6 Å². The number of nitrogens with one attached hydrogen (secondary N) is 1. The Kier molecular flexibility index (Phi) is 5.68. The molecule has 2 aromatic heterocycles. The molecule has 0 radical (unpaired) electrons. The summed E-state index contributed by atoms with van der Waals surface area (Å²) in [6, 6.07) is 6.93. The highest BCUT2D eigenvalue weighted by molar-refractivity contribution is 6.05. The fraction of sp³-hybridized carbons (Fsp3) is 0.318. The number of benzene rings is 1. The summed E-state index contributed by atoms with van der Waals surface area (Å²) in [6.45, 7) is 5.55. The zero-order valence-electron chi connectivity index (χ0n) is 17.8. The number of nitrogens with zero attached hydrogens (tertiary/aromatic N) is 5. The van der Waals surface area contributed by atoms with Crippen LogP contribution in [-0.2, 0) is 4.79 Å². The number of amides is 2. The molecular weight excluding hydrogens is 418 g/mol. The Balaban J connectivity index is 1.61. The van der Waals surface area contributed by atoms with Crippen LogP contribution in [0.25, 0.3) is 11.5 Å².